The van der Waals surface area contributed by atoms with Crippen molar-refractivity contribution in [1.82, 2.24) is 21.0 Å². The Hall–Kier alpha value is -3.94. The van der Waals surface area contributed by atoms with Gasteiger partial charge in [0.05, 0.1) is 11.6 Å². The van der Waals surface area contributed by atoms with Crippen LogP contribution in [0.25, 0.3) is 11.3 Å². The molecule has 1 aromatic heterocycles. The van der Waals surface area contributed by atoms with E-state index in [1.54, 1.807) is 11.0 Å². The van der Waals surface area contributed by atoms with Crippen molar-refractivity contribution >= 4 is 23.4 Å². The van der Waals surface area contributed by atoms with Crippen LogP contribution >= 0.6 is 0 Å². The predicted molar refractivity (Wildman–Crippen MR) is 111 cm³/mol. The molecule has 1 saturated heterocycles. The van der Waals surface area contributed by atoms with Gasteiger partial charge in [0.1, 0.15) is 5.69 Å². The zero-order valence-corrected chi connectivity index (χ0v) is 16.4. The van der Waals surface area contributed by atoms with Crippen LogP contribution in [-0.4, -0.2) is 34.5 Å². The fraction of sp³-hybridized carbons (Fsp3) is 0.182. The van der Waals surface area contributed by atoms with E-state index in [-0.39, 0.29) is 24.6 Å². The first kappa shape index (κ1) is 19.4. The maximum absolute atomic E-state index is 12.5. The van der Waals surface area contributed by atoms with Gasteiger partial charge in [-0.25, -0.2) is 0 Å². The largest absolute Gasteiger partial charge is 0.312 e. The molecular weight excluding hydrogens is 382 g/mol. The first-order valence-electron chi connectivity index (χ1n) is 9.59. The molecule has 1 fully saturated rings. The van der Waals surface area contributed by atoms with E-state index in [4.69, 9.17) is 0 Å². The third-order valence-electron chi connectivity index (χ3n) is 5.03. The van der Waals surface area contributed by atoms with Crippen LogP contribution in [0.1, 0.15) is 22.5 Å². The van der Waals surface area contributed by atoms with E-state index in [2.05, 4.69) is 21.0 Å². The lowest BCUT2D eigenvalue weighted by Gasteiger charge is -2.17. The van der Waals surface area contributed by atoms with Gasteiger partial charge in [0.2, 0.25) is 11.8 Å². The molecule has 0 aliphatic carbocycles. The van der Waals surface area contributed by atoms with Crippen molar-refractivity contribution in [3.05, 3.63) is 71.9 Å². The zero-order chi connectivity index (χ0) is 21.1. The first-order valence-corrected chi connectivity index (χ1v) is 9.59. The van der Waals surface area contributed by atoms with Crippen LogP contribution in [0.4, 0.5) is 5.69 Å². The standard InChI is InChI=1S/C22H21N5O3/c1-14-7-9-17(10-8-14)27-13-16(11-20(27)28)21(29)25-26-22(30)19-12-18(23-24-19)15-5-3-2-4-6-15/h2-10,12,16H,11,13H2,1H3,(H,23,24)(H,25,29)(H,26,30)/t16-/m1/s1. The average Bonchev–Trinajstić information content (AvgIpc) is 3.40. The predicted octanol–water partition coefficient (Wildman–Crippen LogP) is 2.20. The van der Waals surface area contributed by atoms with Crippen LogP contribution in [0.5, 0.6) is 0 Å². The number of aromatic amines is 1. The number of H-pyrrole nitrogens is 1. The lowest BCUT2D eigenvalue weighted by molar-refractivity contribution is -0.126. The minimum Gasteiger partial charge on any atom is -0.312 e. The Morgan fingerprint density at radius 2 is 1.80 bits per heavy atom. The fourth-order valence-electron chi connectivity index (χ4n) is 3.34. The van der Waals surface area contributed by atoms with Gasteiger partial charge >= 0.3 is 0 Å². The molecule has 2 heterocycles. The number of aryl methyl sites for hydroxylation is 1. The highest BCUT2D eigenvalue weighted by Gasteiger charge is 2.35. The Morgan fingerprint density at radius 1 is 1.07 bits per heavy atom. The molecule has 152 valence electrons. The van der Waals surface area contributed by atoms with Crippen LogP contribution in [0.15, 0.2) is 60.7 Å². The summed E-state index contributed by atoms with van der Waals surface area (Å²) in [5.74, 6) is -1.58. The van der Waals surface area contributed by atoms with Crippen LogP contribution in [-0.2, 0) is 9.59 Å². The molecule has 1 aliphatic rings. The molecule has 3 N–H and O–H groups in total. The summed E-state index contributed by atoms with van der Waals surface area (Å²) in [6.45, 7) is 2.24. The van der Waals surface area contributed by atoms with Crippen molar-refractivity contribution in [2.24, 2.45) is 5.92 Å². The fourth-order valence-corrected chi connectivity index (χ4v) is 3.34. The van der Waals surface area contributed by atoms with Gasteiger partial charge in [-0.3, -0.25) is 30.3 Å². The van der Waals surface area contributed by atoms with Gasteiger partial charge in [-0.2, -0.15) is 5.10 Å². The average molecular weight is 403 g/mol. The van der Waals surface area contributed by atoms with Gasteiger partial charge in [0, 0.05) is 24.2 Å². The summed E-state index contributed by atoms with van der Waals surface area (Å²) in [4.78, 5) is 38.7. The number of carbonyl (C=O) groups excluding carboxylic acids is 3. The highest BCUT2D eigenvalue weighted by Crippen LogP contribution is 2.25. The highest BCUT2D eigenvalue weighted by atomic mass is 16.2. The first-order chi connectivity index (χ1) is 14.5. The smallest absolute Gasteiger partial charge is 0.287 e. The molecule has 3 amide bonds. The Bertz CT molecular complexity index is 1080. The summed E-state index contributed by atoms with van der Waals surface area (Å²) in [5.41, 5.74) is 8.36. The second kappa shape index (κ2) is 8.20. The molecule has 0 spiro atoms. The normalized spacial score (nSPS) is 15.8. The summed E-state index contributed by atoms with van der Waals surface area (Å²) in [5, 5.41) is 6.78. The van der Waals surface area contributed by atoms with Crippen molar-refractivity contribution in [3.63, 3.8) is 0 Å². The Kier molecular flexibility index (Phi) is 5.30. The summed E-state index contributed by atoms with van der Waals surface area (Å²) in [6, 6.07) is 18.6. The number of aromatic nitrogens is 2. The summed E-state index contributed by atoms with van der Waals surface area (Å²) >= 11 is 0. The molecule has 1 atom stereocenters. The minimum absolute atomic E-state index is 0.0950. The Labute approximate surface area is 173 Å². The number of amides is 3. The molecular formula is C22H21N5O3. The quantitative estimate of drug-likeness (QED) is 0.581. The monoisotopic (exact) mass is 403 g/mol. The number of hydrazine groups is 1. The number of carbonyl (C=O) groups is 3. The zero-order valence-electron chi connectivity index (χ0n) is 16.4. The van der Waals surface area contributed by atoms with Crippen LogP contribution in [0.2, 0.25) is 0 Å². The number of rotatable bonds is 4. The van der Waals surface area contributed by atoms with E-state index in [1.807, 2.05) is 61.5 Å². The SMILES string of the molecule is Cc1ccc(N2C[C@H](C(=O)NNC(=O)c3cc(-c4ccccc4)n[nH]3)CC2=O)cc1. The van der Waals surface area contributed by atoms with E-state index in [9.17, 15) is 14.4 Å². The molecule has 3 aromatic rings. The molecule has 0 radical (unpaired) electrons. The van der Waals surface area contributed by atoms with E-state index >= 15 is 0 Å². The van der Waals surface area contributed by atoms with E-state index in [0.717, 1.165) is 16.8 Å². The van der Waals surface area contributed by atoms with Gasteiger partial charge < -0.3 is 4.90 Å². The number of nitrogens with one attached hydrogen (secondary N) is 3. The number of hydrogen-bond donors (Lipinski definition) is 3. The molecule has 1 aliphatic heterocycles. The van der Waals surface area contributed by atoms with Gasteiger partial charge in [0.25, 0.3) is 5.91 Å². The van der Waals surface area contributed by atoms with Crippen LogP contribution < -0.4 is 15.8 Å². The molecule has 8 nitrogen and oxygen atoms in total. The lowest BCUT2D eigenvalue weighted by atomic mass is 10.1. The molecule has 0 unspecified atom stereocenters. The summed E-state index contributed by atoms with van der Waals surface area (Å²) in [6.07, 6.45) is 0.0950. The van der Waals surface area contributed by atoms with Crippen molar-refractivity contribution < 1.29 is 14.4 Å². The van der Waals surface area contributed by atoms with Crippen LogP contribution in [0.3, 0.4) is 0 Å². The number of hydrogen-bond acceptors (Lipinski definition) is 4. The Balaban J connectivity index is 1.33. The van der Waals surface area contributed by atoms with Crippen molar-refractivity contribution in [1.29, 1.82) is 0 Å². The van der Waals surface area contributed by atoms with Crippen molar-refractivity contribution in [2.45, 2.75) is 13.3 Å². The second-order valence-electron chi connectivity index (χ2n) is 7.22. The van der Waals surface area contributed by atoms with Crippen molar-refractivity contribution in [3.8, 4) is 11.3 Å². The third kappa shape index (κ3) is 4.07. The van der Waals surface area contributed by atoms with E-state index < -0.39 is 17.7 Å². The van der Waals surface area contributed by atoms with Gasteiger partial charge in [-0.1, -0.05) is 48.0 Å². The minimum atomic E-state index is -0.541. The van der Waals surface area contributed by atoms with Gasteiger partial charge in [0.15, 0.2) is 0 Å². The van der Waals surface area contributed by atoms with Gasteiger partial charge in [-0.15, -0.1) is 0 Å². The lowest BCUT2D eigenvalue weighted by Crippen LogP contribution is -2.45. The molecule has 0 bridgehead atoms. The Morgan fingerprint density at radius 3 is 2.53 bits per heavy atom. The molecule has 30 heavy (non-hydrogen) atoms. The summed E-state index contributed by atoms with van der Waals surface area (Å²) in [7, 11) is 0. The maximum atomic E-state index is 12.5. The highest BCUT2D eigenvalue weighted by molar-refractivity contribution is 6.01. The van der Waals surface area contributed by atoms with Crippen LogP contribution in [0, 0.1) is 12.8 Å². The third-order valence-corrected chi connectivity index (χ3v) is 5.03. The topological polar surface area (TPSA) is 107 Å². The van der Waals surface area contributed by atoms with Gasteiger partial charge in [-0.05, 0) is 25.1 Å². The summed E-state index contributed by atoms with van der Waals surface area (Å²) < 4.78 is 0. The second-order valence-corrected chi connectivity index (χ2v) is 7.22. The number of nitrogens with zero attached hydrogens (tertiary/aromatic N) is 2. The molecule has 4 rings (SSSR count). The number of anilines is 1. The molecule has 2 aromatic carbocycles. The molecule has 8 heteroatoms. The molecule has 0 saturated carbocycles. The number of benzene rings is 2. The van der Waals surface area contributed by atoms with Crippen molar-refractivity contribution in [2.75, 3.05) is 11.4 Å². The van der Waals surface area contributed by atoms with E-state index in [0.29, 0.717) is 5.69 Å². The maximum Gasteiger partial charge on any atom is 0.287 e. The van der Waals surface area contributed by atoms with E-state index in [1.165, 1.54) is 0 Å².